The third-order valence-corrected chi connectivity index (χ3v) is 1.44. The zero-order chi connectivity index (χ0) is 12.0. The van der Waals surface area contributed by atoms with Crippen LogP contribution in [0, 0.1) is 11.8 Å². The fourth-order valence-electron chi connectivity index (χ4n) is 0.895. The molecule has 1 aromatic heterocycles. The van der Waals surface area contributed by atoms with Gasteiger partial charge in [0.1, 0.15) is 11.3 Å². The Labute approximate surface area is 94.6 Å². The molecule has 2 N–H and O–H groups in total. The maximum absolute atomic E-state index is 11.2. The van der Waals surface area contributed by atoms with Crippen molar-refractivity contribution < 1.29 is 9.53 Å². The standard InChI is InChI=1S/C11H15N3O2/c1-11(2,3)16-10(15)12-7-4-5-9-6-8-13-14-9/h6,8H,7H2,1-3H3,(H,12,15)(H,13,14). The maximum atomic E-state index is 11.2. The summed E-state index contributed by atoms with van der Waals surface area (Å²) in [6, 6.07) is 1.75. The summed E-state index contributed by atoms with van der Waals surface area (Å²) in [4.78, 5) is 11.2. The van der Waals surface area contributed by atoms with E-state index in [0.717, 1.165) is 0 Å². The molecule has 0 spiro atoms. The second kappa shape index (κ2) is 5.21. The van der Waals surface area contributed by atoms with E-state index in [1.165, 1.54) is 0 Å². The van der Waals surface area contributed by atoms with E-state index in [0.29, 0.717) is 5.69 Å². The topological polar surface area (TPSA) is 67.0 Å². The van der Waals surface area contributed by atoms with E-state index in [9.17, 15) is 4.79 Å². The smallest absolute Gasteiger partial charge is 0.408 e. The van der Waals surface area contributed by atoms with Crippen molar-refractivity contribution in [3.8, 4) is 11.8 Å². The third kappa shape index (κ3) is 5.05. The zero-order valence-corrected chi connectivity index (χ0v) is 9.63. The Bertz CT molecular complexity index is 393. The molecule has 0 aliphatic rings. The monoisotopic (exact) mass is 221 g/mol. The molecule has 5 nitrogen and oxygen atoms in total. The molecule has 0 aliphatic heterocycles. The van der Waals surface area contributed by atoms with Crippen molar-refractivity contribution in [2.24, 2.45) is 0 Å². The second-order valence-corrected chi connectivity index (χ2v) is 4.13. The van der Waals surface area contributed by atoms with E-state index in [1.807, 2.05) is 20.8 Å². The SMILES string of the molecule is CC(C)(C)OC(=O)NCC#Cc1ccn[nH]1. The van der Waals surface area contributed by atoms with Crippen LogP contribution in [0.4, 0.5) is 4.79 Å². The average Bonchev–Trinajstić information content (AvgIpc) is 2.62. The minimum absolute atomic E-state index is 0.244. The summed E-state index contributed by atoms with van der Waals surface area (Å²) in [5.41, 5.74) is 0.229. The maximum Gasteiger partial charge on any atom is 0.408 e. The zero-order valence-electron chi connectivity index (χ0n) is 9.63. The lowest BCUT2D eigenvalue weighted by molar-refractivity contribution is 0.0535. The highest BCUT2D eigenvalue weighted by atomic mass is 16.6. The first kappa shape index (κ1) is 12.1. The van der Waals surface area contributed by atoms with Gasteiger partial charge in [0.05, 0.1) is 6.54 Å². The van der Waals surface area contributed by atoms with Crippen LogP contribution in [-0.2, 0) is 4.74 Å². The van der Waals surface area contributed by atoms with Crippen LogP contribution in [0.2, 0.25) is 0 Å². The fourth-order valence-corrected chi connectivity index (χ4v) is 0.895. The first-order valence-corrected chi connectivity index (χ1v) is 4.92. The van der Waals surface area contributed by atoms with Crippen LogP contribution in [0.15, 0.2) is 12.3 Å². The van der Waals surface area contributed by atoms with E-state index < -0.39 is 11.7 Å². The number of hydrogen-bond acceptors (Lipinski definition) is 3. The number of hydrogen-bond donors (Lipinski definition) is 2. The van der Waals surface area contributed by atoms with Crippen LogP contribution >= 0.6 is 0 Å². The normalized spacial score (nSPS) is 10.2. The largest absolute Gasteiger partial charge is 0.444 e. The van der Waals surface area contributed by atoms with Crippen molar-refractivity contribution in [1.29, 1.82) is 0 Å². The predicted octanol–water partition coefficient (Wildman–Crippen LogP) is 1.29. The van der Waals surface area contributed by atoms with Crippen LogP contribution < -0.4 is 5.32 Å². The molecule has 16 heavy (non-hydrogen) atoms. The third-order valence-electron chi connectivity index (χ3n) is 1.44. The van der Waals surface area contributed by atoms with Crippen molar-refractivity contribution in [1.82, 2.24) is 15.5 Å². The van der Waals surface area contributed by atoms with Gasteiger partial charge < -0.3 is 10.1 Å². The van der Waals surface area contributed by atoms with Crippen LogP contribution in [0.1, 0.15) is 26.5 Å². The summed E-state index contributed by atoms with van der Waals surface area (Å²) in [5.74, 6) is 5.58. The molecule has 0 fully saturated rings. The number of carbonyl (C=O) groups excluding carboxylic acids is 1. The van der Waals surface area contributed by atoms with Crippen LogP contribution in [0.5, 0.6) is 0 Å². The van der Waals surface area contributed by atoms with Crippen molar-refractivity contribution in [2.75, 3.05) is 6.54 Å². The molecule has 5 heteroatoms. The Morgan fingerprint density at radius 2 is 2.38 bits per heavy atom. The summed E-state index contributed by atoms with van der Waals surface area (Å²) < 4.78 is 5.04. The molecule has 0 saturated heterocycles. The van der Waals surface area contributed by atoms with Gasteiger partial charge >= 0.3 is 6.09 Å². The number of aromatic nitrogens is 2. The number of amides is 1. The number of nitrogens with zero attached hydrogens (tertiary/aromatic N) is 1. The van der Waals surface area contributed by atoms with Gasteiger partial charge in [0.25, 0.3) is 0 Å². The number of nitrogens with one attached hydrogen (secondary N) is 2. The molecular formula is C11H15N3O2. The van der Waals surface area contributed by atoms with Crippen LogP contribution in [0.3, 0.4) is 0 Å². The highest BCUT2D eigenvalue weighted by molar-refractivity contribution is 5.68. The van der Waals surface area contributed by atoms with E-state index in [1.54, 1.807) is 12.3 Å². The lowest BCUT2D eigenvalue weighted by atomic mass is 10.2. The van der Waals surface area contributed by atoms with Crippen molar-refractivity contribution in [2.45, 2.75) is 26.4 Å². The first-order chi connectivity index (χ1) is 7.47. The van der Waals surface area contributed by atoms with Gasteiger partial charge in [-0.1, -0.05) is 5.92 Å². The highest BCUT2D eigenvalue weighted by Gasteiger charge is 2.14. The number of rotatable bonds is 1. The van der Waals surface area contributed by atoms with Gasteiger partial charge in [-0.05, 0) is 32.8 Å². The molecule has 0 aromatic carbocycles. The quantitative estimate of drug-likeness (QED) is 0.702. The Balaban J connectivity index is 2.28. The first-order valence-electron chi connectivity index (χ1n) is 4.92. The average molecular weight is 221 g/mol. The lowest BCUT2D eigenvalue weighted by Gasteiger charge is -2.18. The van der Waals surface area contributed by atoms with Gasteiger partial charge in [0.2, 0.25) is 0 Å². The molecule has 0 unspecified atom stereocenters. The molecular weight excluding hydrogens is 206 g/mol. The summed E-state index contributed by atoms with van der Waals surface area (Å²) in [6.07, 6.45) is 1.15. The summed E-state index contributed by atoms with van der Waals surface area (Å²) >= 11 is 0. The molecule has 1 amide bonds. The second-order valence-electron chi connectivity index (χ2n) is 4.13. The number of ether oxygens (including phenoxy) is 1. The van der Waals surface area contributed by atoms with E-state index in [4.69, 9.17) is 4.74 Å². The van der Waals surface area contributed by atoms with Gasteiger partial charge in [-0.3, -0.25) is 5.10 Å². The minimum Gasteiger partial charge on any atom is -0.444 e. The molecule has 0 saturated carbocycles. The van der Waals surface area contributed by atoms with Gasteiger partial charge in [-0.15, -0.1) is 0 Å². The minimum atomic E-state index is -0.485. The molecule has 0 radical (unpaired) electrons. The van der Waals surface area contributed by atoms with Crippen molar-refractivity contribution >= 4 is 6.09 Å². The Morgan fingerprint density at radius 3 is 2.94 bits per heavy atom. The number of H-pyrrole nitrogens is 1. The van der Waals surface area contributed by atoms with Crippen molar-refractivity contribution in [3.63, 3.8) is 0 Å². The number of carbonyl (C=O) groups is 1. The Morgan fingerprint density at radius 1 is 1.62 bits per heavy atom. The van der Waals surface area contributed by atoms with Gasteiger partial charge in [0.15, 0.2) is 0 Å². The molecule has 86 valence electrons. The number of alkyl carbamates (subject to hydrolysis) is 1. The molecule has 0 bridgehead atoms. The summed E-state index contributed by atoms with van der Waals surface area (Å²) in [7, 11) is 0. The molecule has 0 atom stereocenters. The van der Waals surface area contributed by atoms with Crippen LogP contribution in [-0.4, -0.2) is 28.4 Å². The fraction of sp³-hybridized carbons (Fsp3) is 0.455. The molecule has 1 rings (SSSR count). The summed E-state index contributed by atoms with van der Waals surface area (Å²) in [6.45, 7) is 5.67. The van der Waals surface area contributed by atoms with E-state index in [2.05, 4.69) is 27.4 Å². The van der Waals surface area contributed by atoms with E-state index >= 15 is 0 Å². The Kier molecular flexibility index (Phi) is 3.95. The van der Waals surface area contributed by atoms with Gasteiger partial charge in [-0.25, -0.2) is 4.79 Å². The molecule has 0 aliphatic carbocycles. The summed E-state index contributed by atoms with van der Waals surface area (Å²) in [5, 5.41) is 8.97. The molecule has 1 heterocycles. The number of aromatic amines is 1. The van der Waals surface area contributed by atoms with Gasteiger partial charge in [-0.2, -0.15) is 5.10 Å². The Hall–Kier alpha value is -1.96. The predicted molar refractivity (Wildman–Crippen MR) is 59.7 cm³/mol. The lowest BCUT2D eigenvalue weighted by Crippen LogP contribution is -2.32. The van der Waals surface area contributed by atoms with Crippen LogP contribution in [0.25, 0.3) is 0 Å². The van der Waals surface area contributed by atoms with E-state index in [-0.39, 0.29) is 6.54 Å². The highest BCUT2D eigenvalue weighted by Crippen LogP contribution is 2.05. The van der Waals surface area contributed by atoms with Gasteiger partial charge in [0, 0.05) is 6.20 Å². The molecule has 1 aromatic rings. The van der Waals surface area contributed by atoms with Crippen molar-refractivity contribution in [3.05, 3.63) is 18.0 Å².